The number of carbonyl (C=O) groups excluding carboxylic acids is 2. The minimum absolute atomic E-state index is 0.0559. The molecule has 5 heteroatoms. The maximum Gasteiger partial charge on any atom is 0.239 e. The molecule has 2 amide bonds. The molecule has 2 heterocycles. The summed E-state index contributed by atoms with van der Waals surface area (Å²) in [6, 6.07) is 9.53. The molecule has 1 aromatic carbocycles. The van der Waals surface area contributed by atoms with Crippen molar-refractivity contribution in [2.24, 2.45) is 5.92 Å². The molecule has 1 aromatic rings. The van der Waals surface area contributed by atoms with E-state index in [4.69, 9.17) is 0 Å². The van der Waals surface area contributed by atoms with Crippen molar-refractivity contribution >= 4 is 11.8 Å². The summed E-state index contributed by atoms with van der Waals surface area (Å²) >= 11 is 0. The Hall–Kier alpha value is -1.88. The molecule has 0 atom stereocenters. The summed E-state index contributed by atoms with van der Waals surface area (Å²) in [6.07, 6.45) is 6.04. The van der Waals surface area contributed by atoms with E-state index in [0.29, 0.717) is 25.6 Å². The first-order valence-corrected chi connectivity index (χ1v) is 10.9. The molecule has 0 saturated carbocycles. The van der Waals surface area contributed by atoms with Gasteiger partial charge in [0.2, 0.25) is 11.8 Å². The Balaban J connectivity index is 1.35. The fourth-order valence-corrected chi connectivity index (χ4v) is 4.30. The molecule has 3 rings (SSSR count). The highest BCUT2D eigenvalue weighted by atomic mass is 16.2. The highest BCUT2D eigenvalue weighted by Gasteiger charge is 2.22. The van der Waals surface area contributed by atoms with Crippen molar-refractivity contribution in [1.29, 1.82) is 0 Å². The van der Waals surface area contributed by atoms with Gasteiger partial charge in [-0.1, -0.05) is 24.3 Å². The molecule has 2 saturated heterocycles. The van der Waals surface area contributed by atoms with Crippen LogP contribution in [0.4, 0.5) is 0 Å². The van der Waals surface area contributed by atoms with Gasteiger partial charge in [0.15, 0.2) is 0 Å². The molecule has 0 radical (unpaired) electrons. The Bertz CT molecular complexity index is 648. The number of nitrogens with one attached hydrogen (secondary N) is 1. The quantitative estimate of drug-likeness (QED) is 0.748. The number of piperidine rings is 1. The van der Waals surface area contributed by atoms with Crippen LogP contribution in [0, 0.1) is 5.92 Å². The van der Waals surface area contributed by atoms with Crippen LogP contribution in [0.1, 0.15) is 50.7 Å². The van der Waals surface area contributed by atoms with E-state index in [2.05, 4.69) is 48.3 Å². The number of hydrogen-bond acceptors (Lipinski definition) is 3. The van der Waals surface area contributed by atoms with Gasteiger partial charge < -0.3 is 15.1 Å². The van der Waals surface area contributed by atoms with E-state index in [-0.39, 0.29) is 18.4 Å². The van der Waals surface area contributed by atoms with E-state index in [0.717, 1.165) is 18.8 Å². The van der Waals surface area contributed by atoms with Gasteiger partial charge in [-0.15, -0.1) is 0 Å². The predicted octanol–water partition coefficient (Wildman–Crippen LogP) is 2.63. The van der Waals surface area contributed by atoms with E-state index in [1.54, 1.807) is 4.90 Å². The molecule has 2 fully saturated rings. The zero-order valence-electron chi connectivity index (χ0n) is 17.5. The Labute approximate surface area is 169 Å². The Morgan fingerprint density at radius 2 is 1.79 bits per heavy atom. The van der Waals surface area contributed by atoms with Gasteiger partial charge in [-0.2, -0.15) is 0 Å². The zero-order valence-corrected chi connectivity index (χ0v) is 17.5. The molecule has 0 aliphatic carbocycles. The van der Waals surface area contributed by atoms with Gasteiger partial charge >= 0.3 is 0 Å². The molecule has 5 nitrogen and oxygen atoms in total. The van der Waals surface area contributed by atoms with Crippen LogP contribution >= 0.6 is 0 Å². The number of amides is 2. The third-order valence-corrected chi connectivity index (χ3v) is 6.17. The topological polar surface area (TPSA) is 52.7 Å². The van der Waals surface area contributed by atoms with Gasteiger partial charge in [0.05, 0.1) is 6.54 Å². The minimum atomic E-state index is -0.0559. The van der Waals surface area contributed by atoms with Crippen LogP contribution in [-0.4, -0.2) is 60.4 Å². The lowest BCUT2D eigenvalue weighted by molar-refractivity contribution is -0.133. The van der Waals surface area contributed by atoms with Crippen LogP contribution in [-0.2, 0) is 22.4 Å². The number of rotatable bonds is 8. The summed E-state index contributed by atoms with van der Waals surface area (Å²) in [6.45, 7) is 8.55. The molecule has 0 bridgehead atoms. The maximum atomic E-state index is 12.0. The average Bonchev–Trinajstić information content (AvgIpc) is 3.08. The lowest BCUT2D eigenvalue weighted by atomic mass is 9.89. The van der Waals surface area contributed by atoms with Crippen molar-refractivity contribution in [2.75, 3.05) is 32.7 Å². The summed E-state index contributed by atoms with van der Waals surface area (Å²) in [4.78, 5) is 27.8. The van der Waals surface area contributed by atoms with Crippen molar-refractivity contribution in [3.05, 3.63) is 35.4 Å². The van der Waals surface area contributed by atoms with Gasteiger partial charge in [0.25, 0.3) is 0 Å². The highest BCUT2D eigenvalue weighted by Crippen LogP contribution is 2.23. The smallest absolute Gasteiger partial charge is 0.239 e. The molecule has 0 aromatic heterocycles. The van der Waals surface area contributed by atoms with Crippen LogP contribution in [0.25, 0.3) is 0 Å². The first kappa shape index (κ1) is 20.8. The first-order chi connectivity index (χ1) is 13.5. The van der Waals surface area contributed by atoms with Gasteiger partial charge in [-0.3, -0.25) is 9.59 Å². The van der Waals surface area contributed by atoms with E-state index >= 15 is 0 Å². The molecule has 0 unspecified atom stereocenters. The number of benzene rings is 1. The minimum Gasteiger partial charge on any atom is -0.354 e. The Morgan fingerprint density at radius 3 is 2.39 bits per heavy atom. The monoisotopic (exact) mass is 385 g/mol. The highest BCUT2D eigenvalue weighted by molar-refractivity contribution is 5.85. The van der Waals surface area contributed by atoms with Crippen molar-refractivity contribution in [1.82, 2.24) is 15.1 Å². The average molecular weight is 386 g/mol. The maximum absolute atomic E-state index is 12.0. The van der Waals surface area contributed by atoms with Crippen LogP contribution in [0.15, 0.2) is 24.3 Å². The van der Waals surface area contributed by atoms with Crippen molar-refractivity contribution < 1.29 is 9.59 Å². The lowest BCUT2D eigenvalue weighted by Crippen LogP contribution is -2.38. The van der Waals surface area contributed by atoms with Gasteiger partial charge in [0, 0.05) is 25.6 Å². The normalized spacial score (nSPS) is 18.8. The number of nitrogens with zero attached hydrogens (tertiary/aromatic N) is 2. The molecule has 0 spiro atoms. The molecule has 2 aliphatic rings. The fourth-order valence-electron chi connectivity index (χ4n) is 4.30. The van der Waals surface area contributed by atoms with Crippen LogP contribution in [0.2, 0.25) is 0 Å². The van der Waals surface area contributed by atoms with Crippen molar-refractivity contribution in [3.63, 3.8) is 0 Å². The fraction of sp³-hybridized carbons (Fsp3) is 0.652. The SMILES string of the molecule is CC(C)N1CCC(Cc2ccc(CCNC(=O)CN3CCCC3=O)cc2)CC1. The molecule has 2 aliphatic heterocycles. The van der Waals surface area contributed by atoms with Crippen molar-refractivity contribution in [3.8, 4) is 0 Å². The summed E-state index contributed by atoms with van der Waals surface area (Å²) in [7, 11) is 0. The van der Waals surface area contributed by atoms with Gasteiger partial charge in [-0.05, 0) is 76.1 Å². The van der Waals surface area contributed by atoms with E-state index in [9.17, 15) is 9.59 Å². The Morgan fingerprint density at radius 1 is 1.11 bits per heavy atom. The van der Waals surface area contributed by atoms with Crippen LogP contribution in [0.3, 0.4) is 0 Å². The second-order valence-corrected chi connectivity index (χ2v) is 8.61. The molecule has 28 heavy (non-hydrogen) atoms. The largest absolute Gasteiger partial charge is 0.354 e. The van der Waals surface area contributed by atoms with Crippen LogP contribution < -0.4 is 5.32 Å². The molecular weight excluding hydrogens is 350 g/mol. The first-order valence-electron chi connectivity index (χ1n) is 10.9. The van der Waals surface area contributed by atoms with E-state index in [1.165, 1.54) is 43.5 Å². The van der Waals surface area contributed by atoms with Crippen molar-refractivity contribution in [2.45, 2.75) is 58.4 Å². The predicted molar refractivity (Wildman–Crippen MR) is 112 cm³/mol. The lowest BCUT2D eigenvalue weighted by Gasteiger charge is -2.34. The summed E-state index contributed by atoms with van der Waals surface area (Å²) < 4.78 is 0. The number of likely N-dealkylation sites (tertiary alicyclic amines) is 2. The van der Waals surface area contributed by atoms with E-state index < -0.39 is 0 Å². The zero-order chi connectivity index (χ0) is 19.9. The molecular formula is C23H35N3O2. The summed E-state index contributed by atoms with van der Waals surface area (Å²) in [5.41, 5.74) is 2.67. The number of carbonyl (C=O) groups is 2. The molecule has 154 valence electrons. The second-order valence-electron chi connectivity index (χ2n) is 8.61. The summed E-state index contributed by atoms with van der Waals surface area (Å²) in [5, 5.41) is 2.93. The second kappa shape index (κ2) is 10.1. The van der Waals surface area contributed by atoms with Gasteiger partial charge in [-0.25, -0.2) is 0 Å². The Kier molecular flexibility index (Phi) is 7.49. The van der Waals surface area contributed by atoms with Crippen LogP contribution in [0.5, 0.6) is 0 Å². The standard InChI is InChI=1S/C23H35N3O2/c1-18(2)25-14-10-21(11-15-25)16-20-7-5-19(6-8-20)9-12-24-22(27)17-26-13-3-4-23(26)28/h5-8,18,21H,3-4,9-17H2,1-2H3,(H,24,27). The van der Waals surface area contributed by atoms with E-state index in [1.807, 2.05) is 0 Å². The molecule has 1 N–H and O–H groups in total. The summed E-state index contributed by atoms with van der Waals surface area (Å²) in [5.74, 6) is 0.841. The van der Waals surface area contributed by atoms with Gasteiger partial charge in [0.1, 0.15) is 0 Å². The third kappa shape index (κ3) is 6.06. The third-order valence-electron chi connectivity index (χ3n) is 6.17. The number of hydrogen-bond donors (Lipinski definition) is 1.